The summed E-state index contributed by atoms with van der Waals surface area (Å²) in [6.45, 7) is 12.5. The van der Waals surface area contributed by atoms with Crippen molar-refractivity contribution in [1.29, 1.82) is 0 Å². The summed E-state index contributed by atoms with van der Waals surface area (Å²) in [5.74, 6) is -10.9. The van der Waals surface area contributed by atoms with Gasteiger partial charge >= 0.3 is 0 Å². The number of phenols is 1. The Bertz CT molecular complexity index is 2810. The molecule has 12 amide bonds. The topological polar surface area (TPSA) is 395 Å². The van der Waals surface area contributed by atoms with Crippen molar-refractivity contribution in [2.45, 2.75) is 206 Å². The molecule has 2 aromatic rings. The van der Waals surface area contributed by atoms with Gasteiger partial charge in [-0.25, -0.2) is 0 Å². The number of nitrogens with zero attached hydrogens (tertiary/aromatic N) is 1. The van der Waals surface area contributed by atoms with Gasteiger partial charge in [0, 0.05) is 38.3 Å². The summed E-state index contributed by atoms with van der Waals surface area (Å²) in [4.78, 5) is 170. The third kappa shape index (κ3) is 24.9. The van der Waals surface area contributed by atoms with Crippen LogP contribution in [-0.4, -0.2) is 160 Å². The summed E-state index contributed by atoms with van der Waals surface area (Å²) in [5.41, 5.74) is 6.26. The highest BCUT2D eigenvalue weighted by Crippen LogP contribution is 2.21. The van der Waals surface area contributed by atoms with Crippen molar-refractivity contribution in [3.05, 3.63) is 77.5 Å². The quantitative estimate of drug-likeness (QED) is 0.0689. The molecule has 2 fully saturated rings. The molecule has 4 rings (SSSR count). The number of carbonyl (C=O) groups excluding carboxylic acids is 12. The number of rotatable bonds is 19. The second-order valence-electron chi connectivity index (χ2n) is 24.4. The normalized spacial score (nSPS) is 24.5. The second-order valence-corrected chi connectivity index (χ2v) is 24.4. The van der Waals surface area contributed by atoms with Crippen LogP contribution in [0.1, 0.15) is 150 Å². The van der Waals surface area contributed by atoms with Gasteiger partial charge in [-0.3, -0.25) is 57.5 Å². The number of benzene rings is 2. The molecule has 2 aliphatic heterocycles. The minimum Gasteiger partial charge on any atom is -0.508 e. The highest BCUT2D eigenvalue weighted by molar-refractivity contribution is 6.02. The van der Waals surface area contributed by atoms with Crippen molar-refractivity contribution >= 4 is 70.9 Å². The number of aliphatic hydroxyl groups is 1. The maximum atomic E-state index is 14.6. The summed E-state index contributed by atoms with van der Waals surface area (Å²) < 4.78 is 0. The fourth-order valence-electron chi connectivity index (χ4n) is 10.6. The summed E-state index contributed by atoms with van der Waals surface area (Å²) in [7, 11) is 0. The number of allylic oxidation sites excluding steroid dienone is 1. The lowest BCUT2D eigenvalue weighted by Gasteiger charge is -2.30. The van der Waals surface area contributed by atoms with Gasteiger partial charge in [0.05, 0.1) is 13.2 Å². The first-order chi connectivity index (χ1) is 42.7. The van der Waals surface area contributed by atoms with Crippen LogP contribution in [0.4, 0.5) is 0 Å². The molecule has 14 N–H and O–H groups in total. The molecule has 0 unspecified atom stereocenters. The molecule has 0 aromatic heterocycles. The van der Waals surface area contributed by atoms with Crippen molar-refractivity contribution < 1.29 is 67.7 Å². The lowest BCUT2D eigenvalue weighted by atomic mass is 9.98. The highest BCUT2D eigenvalue weighted by Gasteiger charge is 2.40. The van der Waals surface area contributed by atoms with Crippen molar-refractivity contribution in [3.8, 4) is 5.75 Å². The van der Waals surface area contributed by atoms with Crippen LogP contribution in [0.25, 0.3) is 0 Å². The predicted molar refractivity (Wildman–Crippen MR) is 334 cm³/mol. The number of nitrogens with two attached hydrogens (primary N) is 1. The van der Waals surface area contributed by atoms with E-state index in [4.69, 9.17) is 5.73 Å². The van der Waals surface area contributed by atoms with Crippen LogP contribution < -0.4 is 58.9 Å². The first-order valence-corrected chi connectivity index (χ1v) is 31.4. The molecule has 0 spiro atoms. The number of primary amides is 1. The average Bonchev–Trinajstić information content (AvgIpc) is 1.84. The number of aliphatic hydroxyl groups excluding tert-OH is 1. The van der Waals surface area contributed by atoms with Crippen molar-refractivity contribution in [2.75, 3.05) is 19.7 Å². The van der Waals surface area contributed by atoms with E-state index in [2.05, 4.69) is 60.1 Å². The minimum absolute atomic E-state index is 0.0175. The molecule has 496 valence electrons. The summed E-state index contributed by atoms with van der Waals surface area (Å²) in [6.07, 6.45) is 5.00. The minimum atomic E-state index is -1.70. The van der Waals surface area contributed by atoms with Crippen LogP contribution in [0.5, 0.6) is 5.75 Å². The first-order valence-electron chi connectivity index (χ1n) is 31.4. The SMILES string of the molecule is C/C=C1/NC(=O)[C@H](CCC(N)=O)NC(=O)C[C@@H](CCCCCCC)NC(=O)CNC(=O)[C@H](CC(C)C)NC(=O)[C@@H](Cc2ccccc2)NC(=O)[C@H](C(C)C)NC(=O)[C@@H](CC(C)C)NC(=O)[C@@H](Cc2ccc(O)cc2)NC(=O)[C@H](CO)NC(=O)[C@@H]2CCCN2C1=O. The number of aromatic hydroxyl groups is 1. The monoisotopic (exact) mass is 1260 g/mol. The number of amides is 12. The van der Waals surface area contributed by atoms with Crippen LogP contribution in [0.3, 0.4) is 0 Å². The van der Waals surface area contributed by atoms with Crippen molar-refractivity contribution in [1.82, 2.24) is 58.1 Å². The van der Waals surface area contributed by atoms with E-state index in [-0.39, 0.29) is 81.2 Å². The smallest absolute Gasteiger partial charge is 0.270 e. The fraction of sp³-hybridized carbons (Fsp3) is 0.594. The molecule has 26 nitrogen and oxygen atoms in total. The van der Waals surface area contributed by atoms with Gasteiger partial charge in [-0.2, -0.15) is 0 Å². The zero-order valence-corrected chi connectivity index (χ0v) is 53.2. The van der Waals surface area contributed by atoms with Gasteiger partial charge in [0.2, 0.25) is 65.0 Å². The summed E-state index contributed by atoms with van der Waals surface area (Å²) in [5, 5.41) is 47.3. The molecule has 2 heterocycles. The molecule has 0 bridgehead atoms. The Balaban J connectivity index is 1.80. The number of hydrogen-bond donors (Lipinski definition) is 13. The van der Waals surface area contributed by atoms with E-state index < -0.39 is 144 Å². The largest absolute Gasteiger partial charge is 0.508 e. The Hall–Kier alpha value is -8.42. The molecular weight excluding hydrogens is 1160 g/mol. The van der Waals surface area contributed by atoms with Crippen LogP contribution >= 0.6 is 0 Å². The zero-order valence-electron chi connectivity index (χ0n) is 53.2. The van der Waals surface area contributed by atoms with Gasteiger partial charge in [0.15, 0.2) is 0 Å². The summed E-state index contributed by atoms with van der Waals surface area (Å²) >= 11 is 0. The van der Waals surface area contributed by atoms with E-state index >= 15 is 0 Å². The number of unbranched alkanes of at least 4 members (excludes halogenated alkanes) is 4. The second kappa shape index (κ2) is 37.5. The van der Waals surface area contributed by atoms with E-state index in [1.165, 1.54) is 37.3 Å². The van der Waals surface area contributed by atoms with Gasteiger partial charge in [-0.15, -0.1) is 0 Å². The maximum Gasteiger partial charge on any atom is 0.270 e. The van der Waals surface area contributed by atoms with Crippen molar-refractivity contribution in [2.24, 2.45) is 23.5 Å². The van der Waals surface area contributed by atoms with Crippen molar-refractivity contribution in [3.63, 3.8) is 0 Å². The Labute approximate surface area is 527 Å². The highest BCUT2D eigenvalue weighted by atomic mass is 16.3. The van der Waals surface area contributed by atoms with E-state index in [9.17, 15) is 67.7 Å². The molecule has 2 aliphatic rings. The fourth-order valence-corrected chi connectivity index (χ4v) is 10.6. The number of carbonyl (C=O) groups is 12. The Morgan fingerprint density at radius 2 is 1.14 bits per heavy atom. The van der Waals surface area contributed by atoms with Gasteiger partial charge in [0.25, 0.3) is 5.91 Å². The van der Waals surface area contributed by atoms with Gasteiger partial charge < -0.3 is 74.0 Å². The zero-order chi connectivity index (χ0) is 66.6. The molecule has 2 saturated heterocycles. The van der Waals surface area contributed by atoms with E-state index in [1.807, 2.05) is 13.8 Å². The third-order valence-corrected chi connectivity index (χ3v) is 15.5. The molecule has 26 heteroatoms. The Morgan fingerprint density at radius 1 is 0.600 bits per heavy atom. The molecule has 0 saturated carbocycles. The van der Waals surface area contributed by atoms with Crippen LogP contribution in [0.2, 0.25) is 0 Å². The number of fused-ring (bicyclic) bond motifs is 1. The number of hydrogen-bond acceptors (Lipinski definition) is 14. The third-order valence-electron chi connectivity index (χ3n) is 15.5. The van der Waals surface area contributed by atoms with E-state index in [0.29, 0.717) is 30.4 Å². The average molecular weight is 1260 g/mol. The molecule has 9 atom stereocenters. The van der Waals surface area contributed by atoms with Gasteiger partial charge in [-0.05, 0) is 86.5 Å². The van der Waals surface area contributed by atoms with Crippen LogP contribution in [0, 0.1) is 17.8 Å². The standard InChI is InChI=1S/C64H96N12O14/c1-9-11-12-13-17-21-42-34-53(80)68-45(27-28-52(65)79)57(83)69-44(10-2)64(90)76-29-18-22-51(76)62(88)74-50(36-77)61(87)72-48(33-41-23-25-43(78)26-24-41)58(84)71-47(31-38(5)6)60(86)75-55(39(7)8)63(89)73-49(32-40-19-15-14-16-20-40)59(85)70-46(30-37(3)4)56(82)66-35-54(81)67-42/h10,14-16,19-20,23-26,37-39,42,45-51,55,77-78H,9,11-13,17-18,21-22,27-36H2,1-8H3,(H2,65,79)(H,66,82)(H,67,81)(H,68,80)(H,69,83)(H,70,85)(H,71,84)(H,72,87)(H,73,89)(H,74,88)(H,75,86)/b44-10+/t42-,45+,46+,47-,48-,49-,50+,51+,55+/m1/s1. The number of phenolic OH excluding ortho intramolecular Hbond substituents is 1. The van der Waals surface area contributed by atoms with Crippen LogP contribution in [0.15, 0.2) is 66.4 Å². The van der Waals surface area contributed by atoms with E-state index in [1.54, 1.807) is 58.0 Å². The first kappa shape index (κ1) is 74.0. The lowest BCUT2D eigenvalue weighted by molar-refractivity contribution is -0.139. The van der Waals surface area contributed by atoms with Gasteiger partial charge in [-0.1, -0.05) is 129 Å². The van der Waals surface area contributed by atoms with E-state index in [0.717, 1.165) is 30.6 Å². The molecule has 90 heavy (non-hydrogen) atoms. The Morgan fingerprint density at radius 3 is 1.71 bits per heavy atom. The Kier molecular flexibility index (Phi) is 30.9. The maximum absolute atomic E-state index is 14.6. The lowest BCUT2D eigenvalue weighted by Crippen LogP contribution is -2.61. The van der Waals surface area contributed by atoms with Gasteiger partial charge in [0.1, 0.15) is 59.8 Å². The van der Waals surface area contributed by atoms with Crippen LogP contribution in [-0.2, 0) is 70.4 Å². The molecule has 0 radical (unpaired) electrons. The predicted octanol–water partition coefficient (Wildman–Crippen LogP) is 0.953. The molecular formula is C64H96N12O14. The summed E-state index contributed by atoms with van der Waals surface area (Å²) in [6, 6.07) is 2.57. The molecule has 2 aromatic carbocycles. The molecule has 0 aliphatic carbocycles. The number of nitrogens with one attached hydrogen (secondary N) is 10.